The van der Waals surface area contributed by atoms with Gasteiger partial charge in [0.05, 0.1) is 0 Å². The van der Waals surface area contributed by atoms with Crippen LogP contribution in [0.2, 0.25) is 0 Å². The summed E-state index contributed by atoms with van der Waals surface area (Å²) in [5, 5.41) is 39.2. The highest BCUT2D eigenvalue weighted by Crippen LogP contribution is 2.35. The van der Waals surface area contributed by atoms with E-state index in [1.165, 1.54) is 17.6 Å². The van der Waals surface area contributed by atoms with Gasteiger partial charge in [-0.15, -0.1) is 0 Å². The number of fused-ring (bicyclic) bond motifs is 2. The van der Waals surface area contributed by atoms with Gasteiger partial charge in [-0.2, -0.15) is 10.2 Å². The van der Waals surface area contributed by atoms with Crippen molar-refractivity contribution >= 4 is 28.6 Å². The topological polar surface area (TPSA) is 163 Å². The van der Waals surface area contributed by atoms with Crippen molar-refractivity contribution in [1.82, 2.24) is 34.1 Å². The predicted octanol–water partition coefficient (Wildman–Crippen LogP) is 4.41. The number of aliphatic hydroxyl groups is 3. The van der Waals surface area contributed by atoms with Crippen LogP contribution in [0, 0.1) is 6.92 Å². The maximum Gasteiger partial charge on any atom is 0.324 e. The molecule has 4 N–H and O–H groups in total. The van der Waals surface area contributed by atoms with Crippen LogP contribution in [-0.4, -0.2) is 68.4 Å². The Bertz CT molecular complexity index is 1720. The minimum Gasteiger partial charge on any atom is -0.498 e. The minimum absolute atomic E-state index is 0.0377. The molecule has 6 rings (SSSR count). The average molecular weight is 545 g/mol. The van der Waals surface area contributed by atoms with Crippen LogP contribution in [0.25, 0.3) is 11.2 Å². The van der Waals surface area contributed by atoms with Gasteiger partial charge in [-0.1, -0.05) is 13.8 Å². The van der Waals surface area contributed by atoms with E-state index in [0.717, 1.165) is 22.3 Å². The third-order valence-corrected chi connectivity index (χ3v) is 6.43. The first kappa shape index (κ1) is 26.3. The summed E-state index contributed by atoms with van der Waals surface area (Å²) in [5.74, 6) is -1.40. The number of hydrogen-bond donors (Lipinski definition) is 4. The Morgan fingerprint density at radius 1 is 0.975 bits per heavy atom. The molecule has 0 bridgehead atoms. The Labute approximate surface area is 228 Å². The number of carbonyl (C=O) groups excluding carboxylic acids is 1. The fraction of sp³-hybridized carbons (Fsp3) is 0.222. The fourth-order valence-corrected chi connectivity index (χ4v) is 4.45. The van der Waals surface area contributed by atoms with Crippen LogP contribution in [-0.2, 0) is 4.79 Å². The number of rotatable bonds is 6. The van der Waals surface area contributed by atoms with Gasteiger partial charge in [-0.25, -0.2) is 19.0 Å². The molecule has 0 atom stereocenters. The van der Waals surface area contributed by atoms with E-state index in [1.54, 1.807) is 15.2 Å². The number of pyridine rings is 1. The molecule has 40 heavy (non-hydrogen) atoms. The molecule has 0 aliphatic carbocycles. The van der Waals surface area contributed by atoms with E-state index in [2.05, 4.69) is 25.5 Å². The van der Waals surface area contributed by atoms with Crippen LogP contribution in [0.4, 0.5) is 11.5 Å². The van der Waals surface area contributed by atoms with Crippen molar-refractivity contribution < 1.29 is 24.9 Å². The number of anilines is 2. The van der Waals surface area contributed by atoms with Crippen molar-refractivity contribution in [3.63, 3.8) is 0 Å². The highest BCUT2D eigenvalue weighted by atomic mass is 16.5. The van der Waals surface area contributed by atoms with Crippen LogP contribution in [0.1, 0.15) is 30.9 Å². The smallest absolute Gasteiger partial charge is 0.324 e. The Balaban J connectivity index is 0.00000158. The third-order valence-electron chi connectivity index (χ3n) is 6.43. The number of hydrogen-bond acceptors (Lipinski definition) is 10. The lowest BCUT2D eigenvalue weighted by Gasteiger charge is -2.38. The number of likely N-dealkylation sites (tertiary alicyclic amines) is 1. The van der Waals surface area contributed by atoms with Gasteiger partial charge in [0.1, 0.15) is 29.7 Å². The van der Waals surface area contributed by atoms with E-state index in [0.29, 0.717) is 36.1 Å². The third kappa shape index (κ3) is 4.91. The van der Waals surface area contributed by atoms with E-state index in [-0.39, 0.29) is 5.92 Å². The van der Waals surface area contributed by atoms with Crippen LogP contribution in [0.3, 0.4) is 0 Å². The zero-order chi connectivity index (χ0) is 28.4. The first-order valence-corrected chi connectivity index (χ1v) is 12.6. The fourth-order valence-electron chi connectivity index (χ4n) is 4.45. The quantitative estimate of drug-likeness (QED) is 0.178. The monoisotopic (exact) mass is 544 g/mol. The van der Waals surface area contributed by atoms with Crippen LogP contribution in [0.15, 0.2) is 73.2 Å². The van der Waals surface area contributed by atoms with Gasteiger partial charge in [0, 0.05) is 43.2 Å². The normalized spacial score (nSPS) is 12.9. The second-order valence-corrected chi connectivity index (χ2v) is 8.88. The maximum absolute atomic E-state index is 12.1. The molecule has 1 saturated heterocycles. The Kier molecular flexibility index (Phi) is 7.10. The first-order valence-electron chi connectivity index (χ1n) is 12.6. The van der Waals surface area contributed by atoms with Gasteiger partial charge in [0.2, 0.25) is 0 Å². The number of amides is 1. The van der Waals surface area contributed by atoms with Crippen molar-refractivity contribution in [1.29, 1.82) is 0 Å². The number of carbonyl (C=O) groups is 1. The summed E-state index contributed by atoms with van der Waals surface area (Å²) in [7, 11) is 0. The summed E-state index contributed by atoms with van der Waals surface area (Å²) in [4.78, 5) is 22.1. The van der Waals surface area contributed by atoms with E-state index >= 15 is 0 Å². The highest BCUT2D eigenvalue weighted by Gasteiger charge is 2.36. The summed E-state index contributed by atoms with van der Waals surface area (Å²) < 4.78 is 9.42. The second-order valence-electron chi connectivity index (χ2n) is 8.88. The second kappa shape index (κ2) is 10.8. The van der Waals surface area contributed by atoms with Crippen molar-refractivity contribution in [3.05, 3.63) is 84.3 Å². The van der Waals surface area contributed by atoms with E-state index < -0.39 is 17.6 Å². The van der Waals surface area contributed by atoms with E-state index in [1.807, 2.05) is 63.4 Å². The molecule has 0 radical (unpaired) electrons. The number of ether oxygens (including phenoxy) is 1. The van der Waals surface area contributed by atoms with Crippen LogP contribution >= 0.6 is 0 Å². The summed E-state index contributed by atoms with van der Waals surface area (Å²) in [6.45, 7) is 6.55. The Morgan fingerprint density at radius 3 is 2.45 bits per heavy atom. The summed E-state index contributed by atoms with van der Waals surface area (Å²) in [5.41, 5.74) is 4.08. The standard InChI is InChI=1S/C25H22N8O5.C2H6/c1-14-8-16(2-3-19(14)38-17-4-6-32-20(9-17)26-12-28-32)30-23-21-18(5-7-33(21)29-13-27-23)15-10-31(11-15)24(35)22(34)25(36)37;1-2/h2-9,12-13,15,34,36-37H,10-11H2,1H3,(H,27,29,30);1-2H3. The van der Waals surface area contributed by atoms with Crippen LogP contribution < -0.4 is 10.1 Å². The number of nitrogens with zero attached hydrogens (tertiary/aromatic N) is 7. The van der Waals surface area contributed by atoms with Gasteiger partial charge >= 0.3 is 5.95 Å². The van der Waals surface area contributed by atoms with E-state index in [4.69, 9.17) is 14.9 Å². The molecule has 1 fully saturated rings. The molecule has 1 aliphatic heterocycles. The molecule has 0 unspecified atom stereocenters. The molecule has 5 aromatic rings. The van der Waals surface area contributed by atoms with Crippen molar-refractivity contribution in [2.45, 2.75) is 26.7 Å². The number of aryl methyl sites for hydroxylation is 1. The zero-order valence-electron chi connectivity index (χ0n) is 22.1. The Morgan fingerprint density at radius 2 is 1.70 bits per heavy atom. The summed E-state index contributed by atoms with van der Waals surface area (Å²) >= 11 is 0. The molecule has 1 aromatic carbocycles. The molecule has 1 amide bonds. The van der Waals surface area contributed by atoms with Gasteiger partial charge in [-0.3, -0.25) is 4.79 Å². The highest BCUT2D eigenvalue weighted by molar-refractivity contribution is 5.92. The van der Waals surface area contributed by atoms with Crippen molar-refractivity contribution in [3.8, 4) is 11.5 Å². The maximum atomic E-state index is 12.1. The average Bonchev–Trinajstić information content (AvgIpc) is 3.57. The van der Waals surface area contributed by atoms with Crippen LogP contribution in [0.5, 0.6) is 11.5 Å². The van der Waals surface area contributed by atoms with E-state index in [9.17, 15) is 9.90 Å². The predicted molar refractivity (Wildman–Crippen MR) is 146 cm³/mol. The molecule has 4 aromatic heterocycles. The summed E-state index contributed by atoms with van der Waals surface area (Å²) in [6, 6.07) is 11.2. The molecule has 13 heteroatoms. The number of benzene rings is 1. The first-order chi connectivity index (χ1) is 19.4. The van der Waals surface area contributed by atoms with Crippen molar-refractivity contribution in [2.75, 3.05) is 18.4 Å². The Hall–Kier alpha value is -5.33. The number of aromatic nitrogens is 6. The summed E-state index contributed by atoms with van der Waals surface area (Å²) in [6.07, 6.45) is 6.53. The van der Waals surface area contributed by atoms with Gasteiger partial charge in [0.15, 0.2) is 11.5 Å². The molecule has 5 heterocycles. The molecular weight excluding hydrogens is 516 g/mol. The lowest BCUT2D eigenvalue weighted by Crippen LogP contribution is -2.49. The number of nitrogens with one attached hydrogen (secondary N) is 1. The zero-order valence-corrected chi connectivity index (χ0v) is 22.1. The van der Waals surface area contributed by atoms with Gasteiger partial charge < -0.3 is 30.3 Å². The molecule has 206 valence electrons. The van der Waals surface area contributed by atoms with Gasteiger partial charge in [-0.05, 0) is 48.4 Å². The molecule has 13 nitrogen and oxygen atoms in total. The lowest BCUT2D eigenvalue weighted by atomic mass is 9.92. The molecule has 1 aliphatic rings. The van der Waals surface area contributed by atoms with Crippen molar-refractivity contribution in [2.24, 2.45) is 0 Å². The molecule has 0 spiro atoms. The number of aliphatic hydroxyl groups excluding tert-OH is 2. The SMILES string of the molecule is CC.Cc1cc(Nc2ncnn3ccc(C4CN(C(=O)C(O)=C(O)O)C4)c23)ccc1Oc1ccn2ncnc2c1. The molecular formula is C27H28N8O5. The minimum atomic E-state index is -1.39. The lowest BCUT2D eigenvalue weighted by molar-refractivity contribution is -0.135. The molecule has 0 saturated carbocycles. The largest absolute Gasteiger partial charge is 0.498 e. The van der Waals surface area contributed by atoms with Gasteiger partial charge in [0.25, 0.3) is 11.7 Å².